The van der Waals surface area contributed by atoms with Crippen molar-refractivity contribution in [1.82, 2.24) is 14.9 Å². The Kier molecular flexibility index (Phi) is 5.59. The molecular weight excluding hydrogens is 392 g/mol. The van der Waals surface area contributed by atoms with Gasteiger partial charge in [0, 0.05) is 38.9 Å². The van der Waals surface area contributed by atoms with Crippen LogP contribution < -0.4 is 9.64 Å². The number of benzene rings is 2. The van der Waals surface area contributed by atoms with E-state index in [9.17, 15) is 0 Å². The minimum Gasteiger partial charge on any atom is -0.431 e. The van der Waals surface area contributed by atoms with E-state index in [4.69, 9.17) is 4.74 Å². The number of hydrogen-bond acceptors (Lipinski definition) is 6. The number of thiazole rings is 1. The van der Waals surface area contributed by atoms with Crippen molar-refractivity contribution in [2.45, 2.75) is 6.42 Å². The van der Waals surface area contributed by atoms with Crippen LogP contribution in [0.3, 0.4) is 0 Å². The molecule has 0 N–H and O–H groups in total. The Morgan fingerprint density at radius 3 is 2.43 bits per heavy atom. The highest BCUT2D eigenvalue weighted by Crippen LogP contribution is 2.31. The molecule has 2 aromatic carbocycles. The van der Waals surface area contributed by atoms with E-state index in [0.717, 1.165) is 60.9 Å². The van der Waals surface area contributed by atoms with E-state index in [1.165, 1.54) is 5.56 Å². The van der Waals surface area contributed by atoms with E-state index in [1.807, 2.05) is 42.6 Å². The summed E-state index contributed by atoms with van der Waals surface area (Å²) < 4.78 is 7.10. The molecule has 30 heavy (non-hydrogen) atoms. The zero-order chi connectivity index (χ0) is 20.2. The van der Waals surface area contributed by atoms with Crippen LogP contribution in [-0.4, -0.2) is 47.6 Å². The highest BCUT2D eigenvalue weighted by molar-refractivity contribution is 7.20. The van der Waals surface area contributed by atoms with Crippen LogP contribution in [0.2, 0.25) is 0 Å². The van der Waals surface area contributed by atoms with E-state index >= 15 is 0 Å². The van der Waals surface area contributed by atoms with Crippen molar-refractivity contribution in [3.05, 3.63) is 78.5 Å². The summed E-state index contributed by atoms with van der Waals surface area (Å²) >= 11 is 1.58. The van der Waals surface area contributed by atoms with Crippen LogP contribution in [-0.2, 0) is 6.42 Å². The first kappa shape index (κ1) is 19.0. The Balaban J connectivity index is 1.11. The lowest BCUT2D eigenvalue weighted by Gasteiger charge is -2.35. The minimum absolute atomic E-state index is 0.690. The van der Waals surface area contributed by atoms with E-state index in [0.29, 0.717) is 5.19 Å². The normalized spacial score (nSPS) is 14.9. The zero-order valence-electron chi connectivity index (χ0n) is 16.8. The van der Waals surface area contributed by atoms with Crippen LogP contribution in [0.5, 0.6) is 10.9 Å². The maximum absolute atomic E-state index is 5.95. The minimum atomic E-state index is 0.690. The molecule has 1 saturated heterocycles. The van der Waals surface area contributed by atoms with Gasteiger partial charge < -0.3 is 9.64 Å². The number of anilines is 1. The third-order valence-electron chi connectivity index (χ3n) is 5.47. The second kappa shape index (κ2) is 8.81. The molecule has 4 aromatic rings. The van der Waals surface area contributed by atoms with Gasteiger partial charge in [0.2, 0.25) is 0 Å². The van der Waals surface area contributed by atoms with Crippen LogP contribution in [0, 0.1) is 0 Å². The van der Waals surface area contributed by atoms with E-state index in [-0.39, 0.29) is 0 Å². The Morgan fingerprint density at radius 1 is 0.867 bits per heavy atom. The van der Waals surface area contributed by atoms with E-state index < -0.39 is 0 Å². The van der Waals surface area contributed by atoms with Crippen molar-refractivity contribution in [1.29, 1.82) is 0 Å². The Hall–Kier alpha value is -2.96. The number of fused-ring (bicyclic) bond motifs is 1. The Morgan fingerprint density at radius 2 is 1.67 bits per heavy atom. The van der Waals surface area contributed by atoms with Gasteiger partial charge in [-0.2, -0.15) is 0 Å². The van der Waals surface area contributed by atoms with Gasteiger partial charge in [-0.05, 0) is 48.4 Å². The standard InChI is InChI=1S/C24H24N4OS/c1-2-6-22-21(5-1)26-24(30-22)29-20-10-8-19(9-11-20)12-14-27-15-17-28(18-16-27)23-7-3-4-13-25-23/h1-11,13H,12,14-18H2. The first-order chi connectivity index (χ1) is 14.8. The molecule has 3 heterocycles. The molecule has 1 aliphatic heterocycles. The third-order valence-corrected chi connectivity index (χ3v) is 6.38. The SMILES string of the molecule is c1ccc(N2CCN(CCc3ccc(Oc4nc5ccccc5s4)cc3)CC2)nc1. The molecular formula is C24H24N4OS. The van der Waals surface area contributed by atoms with Crippen molar-refractivity contribution in [2.75, 3.05) is 37.6 Å². The number of ether oxygens (including phenoxy) is 1. The summed E-state index contributed by atoms with van der Waals surface area (Å²) in [5.74, 6) is 1.92. The molecule has 152 valence electrons. The van der Waals surface area contributed by atoms with Crippen molar-refractivity contribution in [2.24, 2.45) is 0 Å². The average molecular weight is 417 g/mol. The highest BCUT2D eigenvalue weighted by Gasteiger charge is 2.17. The van der Waals surface area contributed by atoms with Gasteiger partial charge in [0.15, 0.2) is 0 Å². The fourth-order valence-electron chi connectivity index (χ4n) is 3.75. The molecule has 0 unspecified atom stereocenters. The Labute approximate surface area is 180 Å². The summed E-state index contributed by atoms with van der Waals surface area (Å²) in [4.78, 5) is 13.9. The van der Waals surface area contributed by atoms with Gasteiger partial charge in [0.1, 0.15) is 11.6 Å². The molecule has 0 bridgehead atoms. The first-order valence-corrected chi connectivity index (χ1v) is 11.2. The summed E-state index contributed by atoms with van der Waals surface area (Å²) in [5.41, 5.74) is 2.32. The molecule has 5 rings (SSSR count). The summed E-state index contributed by atoms with van der Waals surface area (Å²) in [5, 5.41) is 0.690. The number of hydrogen-bond donors (Lipinski definition) is 0. The molecule has 0 radical (unpaired) electrons. The van der Waals surface area contributed by atoms with Crippen LogP contribution in [0.15, 0.2) is 72.9 Å². The molecule has 0 amide bonds. The second-order valence-electron chi connectivity index (χ2n) is 7.46. The predicted molar refractivity (Wildman–Crippen MR) is 123 cm³/mol. The van der Waals surface area contributed by atoms with Crippen molar-refractivity contribution >= 4 is 27.4 Å². The molecule has 6 heteroatoms. The van der Waals surface area contributed by atoms with Crippen molar-refractivity contribution in [3.63, 3.8) is 0 Å². The molecule has 5 nitrogen and oxygen atoms in total. The molecule has 2 aromatic heterocycles. The van der Waals surface area contributed by atoms with Gasteiger partial charge in [-0.3, -0.25) is 4.90 Å². The lowest BCUT2D eigenvalue weighted by Crippen LogP contribution is -2.47. The zero-order valence-corrected chi connectivity index (χ0v) is 17.6. The number of nitrogens with zero attached hydrogens (tertiary/aromatic N) is 4. The van der Waals surface area contributed by atoms with Gasteiger partial charge in [-0.25, -0.2) is 9.97 Å². The van der Waals surface area contributed by atoms with Crippen LogP contribution >= 0.6 is 11.3 Å². The smallest absolute Gasteiger partial charge is 0.279 e. The molecule has 1 fully saturated rings. The summed E-state index contributed by atoms with van der Waals surface area (Å²) in [6.45, 7) is 5.30. The van der Waals surface area contributed by atoms with Gasteiger partial charge in [-0.15, -0.1) is 0 Å². The summed E-state index contributed by atoms with van der Waals surface area (Å²) in [6, 6.07) is 22.6. The summed E-state index contributed by atoms with van der Waals surface area (Å²) in [7, 11) is 0. The number of aromatic nitrogens is 2. The fourth-order valence-corrected chi connectivity index (χ4v) is 4.58. The van der Waals surface area contributed by atoms with E-state index in [2.05, 4.69) is 50.1 Å². The highest BCUT2D eigenvalue weighted by atomic mass is 32.1. The number of piperazine rings is 1. The lowest BCUT2D eigenvalue weighted by atomic mass is 10.1. The van der Waals surface area contributed by atoms with Crippen LogP contribution in [0.1, 0.15) is 5.56 Å². The number of rotatable bonds is 6. The fraction of sp³-hybridized carbons (Fsp3) is 0.250. The average Bonchev–Trinajstić information content (AvgIpc) is 3.22. The topological polar surface area (TPSA) is 41.5 Å². The van der Waals surface area contributed by atoms with Crippen LogP contribution in [0.25, 0.3) is 10.2 Å². The number of pyridine rings is 1. The van der Waals surface area contributed by atoms with Gasteiger partial charge in [0.25, 0.3) is 5.19 Å². The largest absolute Gasteiger partial charge is 0.431 e. The molecule has 0 atom stereocenters. The second-order valence-corrected chi connectivity index (χ2v) is 8.45. The first-order valence-electron chi connectivity index (χ1n) is 10.3. The number of para-hydroxylation sites is 1. The molecule has 0 saturated carbocycles. The maximum atomic E-state index is 5.95. The van der Waals surface area contributed by atoms with Crippen LogP contribution in [0.4, 0.5) is 5.82 Å². The van der Waals surface area contributed by atoms with Gasteiger partial charge in [-0.1, -0.05) is 41.7 Å². The quantitative estimate of drug-likeness (QED) is 0.450. The molecule has 0 spiro atoms. The van der Waals surface area contributed by atoms with Gasteiger partial charge >= 0.3 is 0 Å². The van der Waals surface area contributed by atoms with Crippen molar-refractivity contribution in [3.8, 4) is 10.9 Å². The lowest BCUT2D eigenvalue weighted by molar-refractivity contribution is 0.260. The maximum Gasteiger partial charge on any atom is 0.279 e. The Bertz CT molecular complexity index is 1060. The van der Waals surface area contributed by atoms with Crippen molar-refractivity contribution < 1.29 is 4.74 Å². The molecule has 1 aliphatic rings. The van der Waals surface area contributed by atoms with E-state index in [1.54, 1.807) is 11.3 Å². The monoisotopic (exact) mass is 416 g/mol. The third kappa shape index (κ3) is 4.45. The summed E-state index contributed by atoms with van der Waals surface area (Å²) in [6.07, 6.45) is 2.91. The predicted octanol–water partition coefficient (Wildman–Crippen LogP) is 4.85. The molecule has 0 aliphatic carbocycles. The van der Waals surface area contributed by atoms with Gasteiger partial charge in [0.05, 0.1) is 10.2 Å².